The number of benzene rings is 1. The van der Waals surface area contributed by atoms with Crippen LogP contribution >= 0.6 is 0 Å². The minimum Gasteiger partial charge on any atom is -0.480 e. The van der Waals surface area contributed by atoms with E-state index < -0.39 is 64.6 Å². The molecule has 1 saturated heterocycles. The Morgan fingerprint density at radius 1 is 1.20 bits per heavy atom. The van der Waals surface area contributed by atoms with Gasteiger partial charge in [0.15, 0.2) is 21.6 Å². The Hall–Kier alpha value is -3.59. The van der Waals surface area contributed by atoms with Gasteiger partial charge in [-0.15, -0.1) is 0 Å². The van der Waals surface area contributed by atoms with Gasteiger partial charge in [0, 0.05) is 13.1 Å². The van der Waals surface area contributed by atoms with Gasteiger partial charge >= 0.3 is 19.9 Å². The number of carbonyl (C=O) groups is 4. The standard InChI is InChI=1S/C18H27B2N7O7S/c21-18(22)26-19-17(32)24-10-14(28)23-9-12(16(30)31)25-15(29)13-7-4-8-27(13)35(33,34)20-11-5-2-1-3-6-11/h1-3,5-6,12-13,19-20H,4,7-10H2,(H,23,28)(H,24,32)(H,25,29)(H,30,31)(H4,21,22,26). The number of amides is 3. The molecule has 35 heavy (non-hydrogen) atoms. The molecule has 1 aliphatic heterocycles. The Labute approximate surface area is 203 Å². The maximum absolute atomic E-state index is 12.9. The van der Waals surface area contributed by atoms with Crippen LogP contribution in [0.1, 0.15) is 12.8 Å². The molecule has 1 aromatic rings. The van der Waals surface area contributed by atoms with Crippen molar-refractivity contribution in [2.24, 2.45) is 5.73 Å². The molecule has 0 aliphatic carbocycles. The van der Waals surface area contributed by atoms with Crippen LogP contribution in [-0.4, -0.2) is 93.1 Å². The molecule has 8 N–H and O–H groups in total. The molecule has 188 valence electrons. The zero-order valence-electron chi connectivity index (χ0n) is 18.8. The lowest BCUT2D eigenvalue weighted by atomic mass is 9.94. The highest BCUT2D eigenvalue weighted by Gasteiger charge is 2.40. The minimum atomic E-state index is -3.83. The molecule has 2 atom stereocenters. The fourth-order valence-electron chi connectivity index (χ4n) is 3.37. The molecule has 0 aromatic heterocycles. The van der Waals surface area contributed by atoms with Crippen molar-refractivity contribution in [1.82, 2.24) is 25.5 Å². The number of rotatable bonds is 12. The van der Waals surface area contributed by atoms with Gasteiger partial charge in [-0.25, -0.2) is 13.2 Å². The van der Waals surface area contributed by atoms with Crippen LogP contribution in [0.3, 0.4) is 0 Å². The molecule has 1 aromatic carbocycles. The van der Waals surface area contributed by atoms with E-state index in [1.54, 1.807) is 30.3 Å². The van der Waals surface area contributed by atoms with Gasteiger partial charge in [0.1, 0.15) is 12.1 Å². The van der Waals surface area contributed by atoms with Gasteiger partial charge in [0.25, 0.3) is 0 Å². The summed E-state index contributed by atoms with van der Waals surface area (Å²) in [6.07, 6.45) is 0.678. The Kier molecular flexibility index (Phi) is 10.1. The van der Waals surface area contributed by atoms with Gasteiger partial charge in [-0.2, -0.15) is 4.31 Å². The third kappa shape index (κ3) is 8.94. The van der Waals surface area contributed by atoms with Gasteiger partial charge in [-0.1, -0.05) is 35.8 Å². The zero-order chi connectivity index (χ0) is 26.0. The predicted molar refractivity (Wildman–Crippen MR) is 130 cm³/mol. The SMILES string of the molecule is N=C(N)NBC(=O)NCC(=O)NCC(NC(=O)C1CCCN1S(=O)(=O)Bc1ccccc1)C(=O)O. The summed E-state index contributed by atoms with van der Waals surface area (Å²) in [4.78, 5) is 47.8. The summed E-state index contributed by atoms with van der Waals surface area (Å²) in [5, 5.41) is 25.5. The van der Waals surface area contributed by atoms with Crippen LogP contribution in [0.2, 0.25) is 0 Å². The van der Waals surface area contributed by atoms with Gasteiger partial charge in [0.05, 0.1) is 6.54 Å². The lowest BCUT2D eigenvalue weighted by Gasteiger charge is -2.25. The first-order valence-electron chi connectivity index (χ1n) is 10.7. The van der Waals surface area contributed by atoms with Crippen LogP contribution in [0.25, 0.3) is 0 Å². The highest BCUT2D eigenvalue weighted by Crippen LogP contribution is 2.21. The first kappa shape index (κ1) is 27.7. The molecular formula is C18H27B2N7O7S. The first-order chi connectivity index (χ1) is 16.5. The van der Waals surface area contributed by atoms with E-state index in [2.05, 4.69) is 21.2 Å². The number of carboxylic acid groups (broad SMARTS) is 1. The van der Waals surface area contributed by atoms with E-state index >= 15 is 0 Å². The lowest BCUT2D eigenvalue weighted by molar-refractivity contribution is -0.142. The van der Waals surface area contributed by atoms with Crippen LogP contribution < -0.4 is 32.4 Å². The summed E-state index contributed by atoms with van der Waals surface area (Å²) >= 11 is 0. The van der Waals surface area contributed by atoms with Crippen molar-refractivity contribution in [2.45, 2.75) is 24.9 Å². The van der Waals surface area contributed by atoms with Crippen LogP contribution in [0.4, 0.5) is 4.79 Å². The average Bonchev–Trinajstić information content (AvgIpc) is 3.30. The van der Waals surface area contributed by atoms with Gasteiger partial charge in [0.2, 0.25) is 11.8 Å². The van der Waals surface area contributed by atoms with Crippen molar-refractivity contribution in [2.75, 3.05) is 19.6 Å². The molecule has 2 rings (SSSR count). The van der Waals surface area contributed by atoms with Gasteiger partial charge in [-0.05, 0) is 12.8 Å². The van der Waals surface area contributed by atoms with Crippen molar-refractivity contribution in [1.29, 1.82) is 5.41 Å². The van der Waals surface area contributed by atoms with E-state index in [0.717, 1.165) is 4.31 Å². The molecular weight excluding hydrogens is 480 g/mol. The number of nitrogens with two attached hydrogens (primary N) is 1. The van der Waals surface area contributed by atoms with Crippen molar-refractivity contribution < 1.29 is 32.7 Å². The number of carboxylic acids is 1. The number of aliphatic carboxylic acids is 1. The Morgan fingerprint density at radius 2 is 1.89 bits per heavy atom. The maximum Gasteiger partial charge on any atom is 0.343 e. The molecule has 0 spiro atoms. The summed E-state index contributed by atoms with van der Waals surface area (Å²) in [5.41, 5.74) is 5.61. The second kappa shape index (κ2) is 12.8. The third-order valence-electron chi connectivity index (χ3n) is 5.06. The lowest BCUT2D eigenvalue weighted by Crippen LogP contribution is -2.55. The predicted octanol–water partition coefficient (Wildman–Crippen LogP) is -4.31. The van der Waals surface area contributed by atoms with E-state index in [-0.39, 0.29) is 26.9 Å². The fourth-order valence-corrected chi connectivity index (χ4v) is 5.14. The zero-order valence-corrected chi connectivity index (χ0v) is 19.6. The van der Waals surface area contributed by atoms with Crippen molar-refractivity contribution >= 4 is 58.9 Å². The monoisotopic (exact) mass is 507 g/mol. The van der Waals surface area contributed by atoms with E-state index in [1.807, 2.05) is 0 Å². The number of hydrogen-bond donors (Lipinski definition) is 7. The average molecular weight is 507 g/mol. The normalized spacial score (nSPS) is 16.4. The number of carbonyl (C=O) groups excluding carboxylic acids is 3. The van der Waals surface area contributed by atoms with E-state index in [4.69, 9.17) is 11.1 Å². The third-order valence-corrected chi connectivity index (χ3v) is 6.91. The van der Waals surface area contributed by atoms with Gasteiger partial charge < -0.3 is 32.0 Å². The molecule has 0 bridgehead atoms. The Morgan fingerprint density at radius 3 is 2.51 bits per heavy atom. The minimum absolute atomic E-state index is 0.139. The molecule has 14 nitrogen and oxygen atoms in total. The highest BCUT2D eigenvalue weighted by molar-refractivity contribution is 8.14. The van der Waals surface area contributed by atoms with Crippen LogP contribution in [0.5, 0.6) is 0 Å². The smallest absolute Gasteiger partial charge is 0.343 e. The topological polar surface area (TPSA) is 224 Å². The molecule has 0 saturated carbocycles. The maximum atomic E-state index is 12.9. The molecule has 3 amide bonds. The largest absolute Gasteiger partial charge is 0.480 e. The molecule has 2 unspecified atom stereocenters. The van der Waals surface area contributed by atoms with Crippen LogP contribution in [0, 0.1) is 5.41 Å². The molecule has 1 aliphatic rings. The van der Waals surface area contributed by atoms with Gasteiger partial charge in [-0.3, -0.25) is 19.8 Å². The number of nitrogens with zero attached hydrogens (tertiary/aromatic N) is 1. The van der Waals surface area contributed by atoms with Crippen molar-refractivity contribution in [3.05, 3.63) is 30.3 Å². The number of nitrogens with one attached hydrogen (secondary N) is 5. The summed E-state index contributed by atoms with van der Waals surface area (Å²) in [7, 11) is -4.14. The van der Waals surface area contributed by atoms with E-state index in [1.165, 1.54) is 0 Å². The second-order valence-electron chi connectivity index (χ2n) is 7.76. The highest BCUT2D eigenvalue weighted by atomic mass is 32.2. The molecule has 1 heterocycles. The summed E-state index contributed by atoms with van der Waals surface area (Å²) in [6.45, 7) is -1.10. The summed E-state index contributed by atoms with van der Waals surface area (Å²) in [5.74, 6) is -3.95. The second-order valence-corrected chi connectivity index (χ2v) is 9.68. The fraction of sp³-hybridized carbons (Fsp3) is 0.389. The molecule has 0 radical (unpaired) electrons. The summed E-state index contributed by atoms with van der Waals surface area (Å²) in [6, 6.07) is 5.92. The quantitative estimate of drug-likeness (QED) is 0.0824. The van der Waals surface area contributed by atoms with Crippen molar-refractivity contribution in [3.8, 4) is 0 Å². The number of guanidine groups is 1. The van der Waals surface area contributed by atoms with Crippen molar-refractivity contribution in [3.63, 3.8) is 0 Å². The Bertz CT molecular complexity index is 1060. The Balaban J connectivity index is 1.90. The molecule has 1 fully saturated rings. The number of hydrogen-bond acceptors (Lipinski definition) is 7. The van der Waals surface area contributed by atoms with Crippen LogP contribution in [-0.2, 0) is 24.3 Å². The summed E-state index contributed by atoms with van der Waals surface area (Å²) < 4.78 is 26.8. The van der Waals surface area contributed by atoms with E-state index in [0.29, 0.717) is 11.9 Å². The van der Waals surface area contributed by atoms with Crippen LogP contribution in [0.15, 0.2) is 30.3 Å². The van der Waals surface area contributed by atoms with E-state index in [9.17, 15) is 32.7 Å². The molecule has 17 heteroatoms. The first-order valence-corrected chi connectivity index (χ1v) is 12.3.